The first kappa shape index (κ1) is 17.1. The van der Waals surface area contributed by atoms with Gasteiger partial charge in [-0.3, -0.25) is 0 Å². The number of allylic oxidation sites excluding steroid dienone is 1. The van der Waals surface area contributed by atoms with Gasteiger partial charge in [-0.2, -0.15) is 0 Å². The molecule has 0 fully saturated rings. The fraction of sp³-hybridized carbons (Fsp3) is 0.619. The molecule has 0 radical (unpaired) electrons. The molecule has 0 aliphatic heterocycles. The Morgan fingerprint density at radius 3 is 1.91 bits per heavy atom. The van der Waals surface area contributed by atoms with Crippen molar-refractivity contribution in [1.29, 1.82) is 0 Å². The van der Waals surface area contributed by atoms with Crippen LogP contribution < -0.4 is 4.74 Å². The predicted molar refractivity (Wildman–Crippen MR) is 96.0 cm³/mol. The molecule has 1 heteroatoms. The zero-order chi connectivity index (χ0) is 16.5. The highest BCUT2D eigenvalue weighted by Gasteiger charge is 2.28. The summed E-state index contributed by atoms with van der Waals surface area (Å²) in [5, 5.41) is 0. The Balaban J connectivity index is 2.55. The number of hydrogen-bond donors (Lipinski definition) is 0. The molecular formula is C21H32O. The molecule has 0 N–H and O–H groups in total. The van der Waals surface area contributed by atoms with E-state index in [1.54, 1.807) is 0 Å². The summed E-state index contributed by atoms with van der Waals surface area (Å²) < 4.78 is 6.54. The fourth-order valence-corrected chi connectivity index (χ4v) is 3.05. The summed E-state index contributed by atoms with van der Waals surface area (Å²) in [6.07, 6.45) is 8.25. The van der Waals surface area contributed by atoms with Gasteiger partial charge < -0.3 is 4.74 Å². The Kier molecular flexibility index (Phi) is 4.75. The molecule has 1 unspecified atom stereocenters. The maximum absolute atomic E-state index is 6.54. The zero-order valence-electron chi connectivity index (χ0n) is 15.4. The molecule has 0 amide bonds. The lowest BCUT2D eigenvalue weighted by atomic mass is 9.78. The van der Waals surface area contributed by atoms with Crippen LogP contribution in [-0.4, -0.2) is 6.10 Å². The minimum atomic E-state index is 0.0831. The summed E-state index contributed by atoms with van der Waals surface area (Å²) in [7, 11) is 0. The molecule has 1 aliphatic carbocycles. The smallest absolute Gasteiger partial charge is 0.127 e. The van der Waals surface area contributed by atoms with Crippen molar-refractivity contribution in [1.82, 2.24) is 0 Å². The topological polar surface area (TPSA) is 9.23 Å². The molecule has 0 heterocycles. The van der Waals surface area contributed by atoms with Gasteiger partial charge in [-0.1, -0.05) is 65.3 Å². The van der Waals surface area contributed by atoms with Crippen LogP contribution in [0.1, 0.15) is 77.5 Å². The van der Waals surface area contributed by atoms with Crippen molar-refractivity contribution in [3.63, 3.8) is 0 Å². The lowest BCUT2D eigenvalue weighted by Crippen LogP contribution is -2.24. The molecule has 1 nitrogen and oxygen atoms in total. The van der Waals surface area contributed by atoms with Gasteiger partial charge in [0.1, 0.15) is 11.9 Å². The number of ether oxygens (including phenoxy) is 1. The number of hydrogen-bond acceptors (Lipinski definition) is 1. The first-order chi connectivity index (χ1) is 10.1. The Hall–Kier alpha value is -1.24. The van der Waals surface area contributed by atoms with Crippen molar-refractivity contribution in [3.05, 3.63) is 41.0 Å². The van der Waals surface area contributed by atoms with Crippen LogP contribution in [0, 0.1) is 6.92 Å². The van der Waals surface area contributed by atoms with E-state index < -0.39 is 0 Å². The standard InChI is InChI=1S/C21H32O/c1-15-13-17(20(2,3)4)19(18(14-15)21(5,6)7)22-16-11-9-8-10-12-16/h9,11,13-14,16H,8,10,12H2,1-7H3. The average molecular weight is 300 g/mol. The van der Waals surface area contributed by atoms with E-state index in [0.29, 0.717) is 0 Å². The summed E-state index contributed by atoms with van der Waals surface area (Å²) in [4.78, 5) is 0. The Labute approximate surface area is 136 Å². The van der Waals surface area contributed by atoms with Gasteiger partial charge in [-0.15, -0.1) is 0 Å². The molecule has 1 atom stereocenters. The largest absolute Gasteiger partial charge is 0.486 e. The lowest BCUT2D eigenvalue weighted by molar-refractivity contribution is 0.219. The molecule has 1 aromatic carbocycles. The van der Waals surface area contributed by atoms with Gasteiger partial charge in [0.05, 0.1) is 0 Å². The van der Waals surface area contributed by atoms with Crippen LogP contribution in [-0.2, 0) is 10.8 Å². The Morgan fingerprint density at radius 1 is 0.955 bits per heavy atom. The van der Waals surface area contributed by atoms with E-state index in [4.69, 9.17) is 4.74 Å². The highest BCUT2D eigenvalue weighted by atomic mass is 16.5. The van der Waals surface area contributed by atoms with Crippen molar-refractivity contribution < 1.29 is 4.74 Å². The third kappa shape index (κ3) is 3.94. The molecule has 0 saturated heterocycles. The molecule has 0 saturated carbocycles. The monoisotopic (exact) mass is 300 g/mol. The van der Waals surface area contributed by atoms with E-state index in [0.717, 1.165) is 12.2 Å². The normalized spacial score (nSPS) is 19.3. The number of aryl methyl sites for hydroxylation is 1. The van der Waals surface area contributed by atoms with Crippen LogP contribution in [0.5, 0.6) is 5.75 Å². The van der Waals surface area contributed by atoms with Gasteiger partial charge in [0.25, 0.3) is 0 Å². The molecule has 0 bridgehead atoms. The average Bonchev–Trinajstić information content (AvgIpc) is 2.39. The molecule has 122 valence electrons. The predicted octanol–water partition coefficient (Wildman–Crippen LogP) is 6.08. The second-order valence-electron chi connectivity index (χ2n) is 8.70. The van der Waals surface area contributed by atoms with Gasteiger partial charge in [0.15, 0.2) is 0 Å². The maximum atomic E-state index is 6.54. The second-order valence-corrected chi connectivity index (χ2v) is 8.70. The third-order valence-electron chi connectivity index (χ3n) is 4.33. The van der Waals surface area contributed by atoms with Gasteiger partial charge >= 0.3 is 0 Å². The van der Waals surface area contributed by atoms with Gasteiger partial charge in [-0.05, 0) is 43.1 Å². The summed E-state index contributed by atoms with van der Waals surface area (Å²) in [5.41, 5.74) is 4.15. The van der Waals surface area contributed by atoms with Crippen molar-refractivity contribution >= 4 is 0 Å². The molecule has 0 aromatic heterocycles. The fourth-order valence-electron chi connectivity index (χ4n) is 3.05. The van der Waals surface area contributed by atoms with Crippen molar-refractivity contribution in [2.75, 3.05) is 0 Å². The second kappa shape index (κ2) is 6.10. The van der Waals surface area contributed by atoms with E-state index >= 15 is 0 Å². The van der Waals surface area contributed by atoms with Crippen LogP contribution in [0.4, 0.5) is 0 Å². The molecule has 0 spiro atoms. The van der Waals surface area contributed by atoms with Gasteiger partial charge in [0.2, 0.25) is 0 Å². The number of benzene rings is 1. The first-order valence-electron chi connectivity index (χ1n) is 8.58. The highest BCUT2D eigenvalue weighted by molar-refractivity contribution is 5.50. The van der Waals surface area contributed by atoms with Crippen LogP contribution in [0.2, 0.25) is 0 Å². The van der Waals surface area contributed by atoms with Crippen molar-refractivity contribution in [2.45, 2.75) is 84.7 Å². The third-order valence-corrected chi connectivity index (χ3v) is 4.33. The van der Waals surface area contributed by atoms with Crippen LogP contribution in [0.15, 0.2) is 24.3 Å². The van der Waals surface area contributed by atoms with Crippen molar-refractivity contribution in [2.24, 2.45) is 0 Å². The summed E-state index contributed by atoms with van der Waals surface area (Å²) in [6.45, 7) is 15.8. The summed E-state index contributed by atoms with van der Waals surface area (Å²) in [5.74, 6) is 1.11. The minimum absolute atomic E-state index is 0.0831. The van der Waals surface area contributed by atoms with Gasteiger partial charge in [-0.25, -0.2) is 0 Å². The zero-order valence-corrected chi connectivity index (χ0v) is 15.4. The van der Waals surface area contributed by atoms with Crippen LogP contribution >= 0.6 is 0 Å². The summed E-state index contributed by atoms with van der Waals surface area (Å²) in [6, 6.07) is 4.61. The molecule has 1 aliphatic rings. The quantitative estimate of drug-likeness (QED) is 0.602. The molecule has 2 rings (SSSR count). The van der Waals surface area contributed by atoms with Crippen LogP contribution in [0.3, 0.4) is 0 Å². The minimum Gasteiger partial charge on any atom is -0.486 e. The molecular weight excluding hydrogens is 268 g/mol. The first-order valence-corrected chi connectivity index (χ1v) is 8.58. The van der Waals surface area contributed by atoms with E-state index in [1.807, 2.05) is 0 Å². The van der Waals surface area contributed by atoms with E-state index in [9.17, 15) is 0 Å². The SMILES string of the molecule is Cc1cc(C(C)(C)C)c(OC2C=CCCC2)c(C(C)(C)C)c1. The number of rotatable bonds is 2. The van der Waals surface area contributed by atoms with Crippen molar-refractivity contribution in [3.8, 4) is 5.75 Å². The van der Waals surface area contributed by atoms with E-state index in [1.165, 1.54) is 29.5 Å². The maximum Gasteiger partial charge on any atom is 0.127 e. The molecule has 1 aromatic rings. The lowest BCUT2D eigenvalue weighted by Gasteiger charge is -2.32. The summed E-state index contributed by atoms with van der Waals surface area (Å²) >= 11 is 0. The van der Waals surface area contributed by atoms with Gasteiger partial charge in [0, 0.05) is 11.1 Å². The van der Waals surface area contributed by atoms with Crippen LogP contribution in [0.25, 0.3) is 0 Å². The Bertz CT molecular complexity index is 517. The highest BCUT2D eigenvalue weighted by Crippen LogP contribution is 2.41. The molecule has 22 heavy (non-hydrogen) atoms. The Morgan fingerprint density at radius 2 is 1.50 bits per heavy atom. The van der Waals surface area contributed by atoms with E-state index in [-0.39, 0.29) is 16.9 Å². The van der Waals surface area contributed by atoms with E-state index in [2.05, 4.69) is 72.8 Å².